The van der Waals surface area contributed by atoms with Crippen LogP contribution in [0.25, 0.3) is 0 Å². The molecule has 3 heteroatoms. The van der Waals surface area contributed by atoms with Crippen LogP contribution in [0.5, 0.6) is 0 Å². The van der Waals surface area contributed by atoms with Gasteiger partial charge in [0.05, 0.1) is 0 Å². The summed E-state index contributed by atoms with van der Waals surface area (Å²) in [6, 6.07) is 10.1. The maximum atomic E-state index is 12.4. The van der Waals surface area contributed by atoms with Crippen LogP contribution in [-0.2, 0) is 4.79 Å². The van der Waals surface area contributed by atoms with Gasteiger partial charge in [0.25, 0.3) is 0 Å². The highest BCUT2D eigenvalue weighted by Gasteiger charge is 2.25. The Morgan fingerprint density at radius 1 is 1.27 bits per heavy atom. The van der Waals surface area contributed by atoms with Crippen molar-refractivity contribution in [3.05, 3.63) is 48.6 Å². The van der Waals surface area contributed by atoms with Crippen LogP contribution in [0.4, 0.5) is 0 Å². The number of hydrogen-bond donors (Lipinski definition) is 2. The first-order valence-electron chi connectivity index (χ1n) is 8.32. The summed E-state index contributed by atoms with van der Waals surface area (Å²) in [4.78, 5) is 12.4. The molecule has 1 aromatic rings. The van der Waals surface area contributed by atoms with Crippen molar-refractivity contribution in [2.75, 3.05) is 6.61 Å². The molecule has 0 radical (unpaired) electrons. The summed E-state index contributed by atoms with van der Waals surface area (Å²) in [7, 11) is 0. The zero-order valence-electron chi connectivity index (χ0n) is 13.2. The normalized spacial score (nSPS) is 23.3. The molecule has 0 aliphatic heterocycles. The second kappa shape index (κ2) is 8.74. The van der Waals surface area contributed by atoms with Crippen LogP contribution in [0.3, 0.4) is 0 Å². The molecule has 120 valence electrons. The highest BCUT2D eigenvalue weighted by Crippen LogP contribution is 2.25. The van der Waals surface area contributed by atoms with Gasteiger partial charge in [0, 0.05) is 30.9 Å². The Bertz CT molecular complexity index is 472. The summed E-state index contributed by atoms with van der Waals surface area (Å²) in [5, 5.41) is 12.7. The number of hydrogen-bond acceptors (Lipinski definition) is 2. The predicted octanol–water partition coefficient (Wildman–Crippen LogP) is 3.40. The molecule has 1 aromatic carbocycles. The molecule has 3 unspecified atom stereocenters. The Morgan fingerprint density at radius 3 is 2.68 bits per heavy atom. The monoisotopic (exact) mass is 301 g/mol. The van der Waals surface area contributed by atoms with Gasteiger partial charge >= 0.3 is 0 Å². The van der Waals surface area contributed by atoms with E-state index >= 15 is 0 Å². The van der Waals surface area contributed by atoms with Gasteiger partial charge in [0.2, 0.25) is 5.91 Å². The second-order valence-corrected chi connectivity index (χ2v) is 6.21. The molecule has 1 fully saturated rings. The lowest BCUT2D eigenvalue weighted by molar-refractivity contribution is -0.122. The molecule has 1 aliphatic carbocycles. The summed E-state index contributed by atoms with van der Waals surface area (Å²) in [5.74, 6) is 0.295. The first kappa shape index (κ1) is 16.8. The third-order valence-corrected chi connectivity index (χ3v) is 4.66. The molecule has 0 bridgehead atoms. The lowest BCUT2D eigenvalue weighted by Crippen LogP contribution is -2.41. The second-order valence-electron chi connectivity index (χ2n) is 6.21. The third-order valence-electron chi connectivity index (χ3n) is 4.66. The van der Waals surface area contributed by atoms with Gasteiger partial charge in [-0.3, -0.25) is 4.79 Å². The molecule has 2 rings (SSSR count). The molecule has 0 saturated heterocycles. The minimum absolute atomic E-state index is 0.0413. The van der Waals surface area contributed by atoms with Gasteiger partial charge in [-0.1, -0.05) is 55.7 Å². The fraction of sp³-hybridized carbons (Fsp3) is 0.526. The fourth-order valence-corrected chi connectivity index (χ4v) is 3.30. The molecular formula is C19H27NO2. The number of allylic oxidation sites excluding steroid dienone is 1. The summed E-state index contributed by atoms with van der Waals surface area (Å²) < 4.78 is 0. The topological polar surface area (TPSA) is 49.3 Å². The summed E-state index contributed by atoms with van der Waals surface area (Å²) in [6.07, 6.45) is 7.71. The van der Waals surface area contributed by atoms with Crippen LogP contribution in [0.15, 0.2) is 43.0 Å². The number of aliphatic hydroxyl groups is 1. The molecule has 2 N–H and O–H groups in total. The van der Waals surface area contributed by atoms with Crippen molar-refractivity contribution in [2.24, 2.45) is 5.92 Å². The smallest absolute Gasteiger partial charge is 0.221 e. The molecule has 3 atom stereocenters. The molecule has 0 heterocycles. The van der Waals surface area contributed by atoms with E-state index in [2.05, 4.69) is 11.9 Å². The Morgan fingerprint density at radius 2 is 2.00 bits per heavy atom. The lowest BCUT2D eigenvalue weighted by atomic mass is 9.93. The predicted molar refractivity (Wildman–Crippen MR) is 89.6 cm³/mol. The summed E-state index contributed by atoms with van der Waals surface area (Å²) in [5.41, 5.74) is 1.12. The zero-order valence-corrected chi connectivity index (χ0v) is 13.2. The summed E-state index contributed by atoms with van der Waals surface area (Å²) >= 11 is 0. The highest BCUT2D eigenvalue weighted by molar-refractivity contribution is 5.77. The molecule has 1 amide bonds. The average Bonchev–Trinajstić information content (AvgIpc) is 2.78. The fourth-order valence-electron chi connectivity index (χ4n) is 3.30. The Kier molecular flexibility index (Phi) is 6.66. The highest BCUT2D eigenvalue weighted by atomic mass is 16.3. The van der Waals surface area contributed by atoms with Crippen molar-refractivity contribution in [2.45, 2.75) is 50.5 Å². The molecular weight excluding hydrogens is 274 g/mol. The Balaban J connectivity index is 1.94. The van der Waals surface area contributed by atoms with Crippen molar-refractivity contribution >= 4 is 5.91 Å². The number of amides is 1. The average molecular weight is 301 g/mol. The SMILES string of the molecule is C=CC(CC(=O)NC1CCCCCC1CO)c1ccccc1. The van der Waals surface area contributed by atoms with Gasteiger partial charge in [-0.25, -0.2) is 0 Å². The Hall–Kier alpha value is -1.61. The van der Waals surface area contributed by atoms with Crippen LogP contribution in [-0.4, -0.2) is 23.7 Å². The largest absolute Gasteiger partial charge is 0.396 e. The summed E-state index contributed by atoms with van der Waals surface area (Å²) in [6.45, 7) is 4.02. The van der Waals surface area contributed by atoms with E-state index in [-0.39, 0.29) is 30.4 Å². The molecule has 1 aliphatic rings. The van der Waals surface area contributed by atoms with Gasteiger partial charge in [-0.05, 0) is 18.4 Å². The minimum atomic E-state index is 0.0413. The van der Waals surface area contributed by atoms with Crippen molar-refractivity contribution in [3.8, 4) is 0 Å². The van der Waals surface area contributed by atoms with Gasteiger partial charge in [0.15, 0.2) is 0 Å². The number of carbonyl (C=O) groups is 1. The van der Waals surface area contributed by atoms with Crippen LogP contribution >= 0.6 is 0 Å². The molecule has 3 nitrogen and oxygen atoms in total. The third kappa shape index (κ3) is 4.70. The van der Waals surface area contributed by atoms with Gasteiger partial charge in [-0.2, -0.15) is 0 Å². The van der Waals surface area contributed by atoms with Crippen molar-refractivity contribution in [3.63, 3.8) is 0 Å². The van der Waals surface area contributed by atoms with Gasteiger partial charge in [0.1, 0.15) is 0 Å². The van der Waals surface area contributed by atoms with Crippen LogP contribution < -0.4 is 5.32 Å². The van der Waals surface area contributed by atoms with Crippen LogP contribution in [0.2, 0.25) is 0 Å². The van der Waals surface area contributed by atoms with E-state index in [0.29, 0.717) is 6.42 Å². The molecule has 0 spiro atoms. The number of carbonyl (C=O) groups excluding carboxylic acids is 1. The number of aliphatic hydroxyl groups excluding tert-OH is 1. The maximum Gasteiger partial charge on any atom is 0.221 e. The Labute approximate surface area is 133 Å². The maximum absolute atomic E-state index is 12.4. The first-order valence-corrected chi connectivity index (χ1v) is 8.32. The number of nitrogens with one attached hydrogen (secondary N) is 1. The minimum Gasteiger partial charge on any atom is -0.396 e. The van der Waals surface area contributed by atoms with E-state index in [9.17, 15) is 9.90 Å². The van der Waals surface area contributed by atoms with Gasteiger partial charge < -0.3 is 10.4 Å². The molecule has 1 saturated carbocycles. The lowest BCUT2D eigenvalue weighted by Gasteiger charge is -2.25. The zero-order chi connectivity index (χ0) is 15.8. The van der Waals surface area contributed by atoms with Crippen molar-refractivity contribution in [1.29, 1.82) is 0 Å². The van der Waals surface area contributed by atoms with Crippen LogP contribution in [0, 0.1) is 5.92 Å². The van der Waals surface area contributed by atoms with E-state index in [4.69, 9.17) is 0 Å². The van der Waals surface area contributed by atoms with E-state index in [1.807, 2.05) is 36.4 Å². The standard InChI is InChI=1S/C19H27NO2/c1-2-15(16-9-5-3-6-10-16)13-19(22)20-18-12-8-4-7-11-17(18)14-21/h2-3,5-6,9-10,15,17-18,21H,1,4,7-8,11-14H2,(H,20,22). The van der Waals surface area contributed by atoms with Gasteiger partial charge in [-0.15, -0.1) is 6.58 Å². The van der Waals surface area contributed by atoms with E-state index in [1.54, 1.807) is 0 Å². The first-order chi connectivity index (χ1) is 10.7. The van der Waals surface area contributed by atoms with Crippen molar-refractivity contribution in [1.82, 2.24) is 5.32 Å². The molecule has 0 aromatic heterocycles. The molecule has 22 heavy (non-hydrogen) atoms. The van der Waals surface area contributed by atoms with Crippen LogP contribution in [0.1, 0.15) is 50.0 Å². The van der Waals surface area contributed by atoms with E-state index < -0.39 is 0 Å². The number of rotatable bonds is 6. The number of benzene rings is 1. The van der Waals surface area contributed by atoms with E-state index in [1.165, 1.54) is 6.42 Å². The van der Waals surface area contributed by atoms with Crippen molar-refractivity contribution < 1.29 is 9.90 Å². The van der Waals surface area contributed by atoms with E-state index in [0.717, 1.165) is 31.2 Å². The quantitative estimate of drug-likeness (QED) is 0.625.